The van der Waals surface area contributed by atoms with Crippen LogP contribution in [-0.2, 0) is 0 Å². The summed E-state index contributed by atoms with van der Waals surface area (Å²) in [6, 6.07) is 8.96. The number of benzene rings is 2. The minimum absolute atomic E-state index is 0.172. The van der Waals surface area contributed by atoms with Crippen molar-refractivity contribution in [2.45, 2.75) is 6.92 Å². The highest BCUT2D eigenvalue weighted by atomic mass is 19.1. The number of fused-ring (bicyclic) bond motifs is 1. The van der Waals surface area contributed by atoms with Crippen LogP contribution in [0.15, 0.2) is 36.4 Å². The highest BCUT2D eigenvalue weighted by Gasteiger charge is 2.14. The van der Waals surface area contributed by atoms with Gasteiger partial charge in [-0.2, -0.15) is 0 Å². The summed E-state index contributed by atoms with van der Waals surface area (Å²) in [6.07, 6.45) is 0. The summed E-state index contributed by atoms with van der Waals surface area (Å²) in [5.74, 6) is -1.13. The molecule has 0 saturated heterocycles. The molecule has 0 atom stereocenters. The van der Waals surface area contributed by atoms with Crippen molar-refractivity contribution in [2.24, 2.45) is 0 Å². The Morgan fingerprint density at radius 1 is 1.11 bits per heavy atom. The van der Waals surface area contributed by atoms with E-state index in [-0.39, 0.29) is 11.6 Å². The molecule has 0 radical (unpaired) electrons. The molecule has 3 nitrogen and oxygen atoms in total. The quantitative estimate of drug-likeness (QED) is 0.729. The standard InChI is InChI=1S/C14H11F2N3/c1-8-2-4-11-13(6-8)19(14(17)18-11)12-5-3-9(15)7-10(12)16/h2-7H,1H3,(H2,17,18). The molecular weight excluding hydrogens is 248 g/mol. The second kappa shape index (κ2) is 4.05. The minimum atomic E-state index is -0.674. The van der Waals surface area contributed by atoms with Crippen molar-refractivity contribution < 1.29 is 8.78 Å². The lowest BCUT2D eigenvalue weighted by atomic mass is 10.2. The fourth-order valence-corrected chi connectivity index (χ4v) is 2.12. The van der Waals surface area contributed by atoms with Gasteiger partial charge in [-0.3, -0.25) is 4.57 Å². The van der Waals surface area contributed by atoms with E-state index in [1.807, 2.05) is 25.1 Å². The smallest absolute Gasteiger partial charge is 0.206 e. The first-order valence-corrected chi connectivity index (χ1v) is 5.76. The molecule has 0 aliphatic carbocycles. The van der Waals surface area contributed by atoms with Gasteiger partial charge >= 0.3 is 0 Å². The summed E-state index contributed by atoms with van der Waals surface area (Å²) in [6.45, 7) is 1.92. The molecule has 3 aromatic rings. The lowest BCUT2D eigenvalue weighted by Crippen LogP contribution is -2.03. The molecular formula is C14H11F2N3. The fraction of sp³-hybridized carbons (Fsp3) is 0.0714. The second-order valence-corrected chi connectivity index (χ2v) is 4.39. The van der Waals surface area contributed by atoms with Crippen LogP contribution in [0, 0.1) is 18.6 Å². The van der Waals surface area contributed by atoms with Gasteiger partial charge in [0.25, 0.3) is 0 Å². The van der Waals surface area contributed by atoms with Crippen molar-refractivity contribution >= 4 is 17.0 Å². The van der Waals surface area contributed by atoms with E-state index in [2.05, 4.69) is 4.98 Å². The Balaban J connectivity index is 2.35. The van der Waals surface area contributed by atoms with E-state index in [0.29, 0.717) is 11.0 Å². The topological polar surface area (TPSA) is 43.8 Å². The van der Waals surface area contributed by atoms with E-state index in [4.69, 9.17) is 5.73 Å². The van der Waals surface area contributed by atoms with Crippen LogP contribution in [0.1, 0.15) is 5.56 Å². The van der Waals surface area contributed by atoms with Gasteiger partial charge in [-0.05, 0) is 36.8 Å². The average molecular weight is 259 g/mol. The van der Waals surface area contributed by atoms with Crippen LogP contribution < -0.4 is 5.73 Å². The lowest BCUT2D eigenvalue weighted by molar-refractivity contribution is 0.579. The SMILES string of the molecule is Cc1ccc2nc(N)n(-c3ccc(F)cc3F)c2c1. The zero-order chi connectivity index (χ0) is 13.6. The van der Waals surface area contributed by atoms with Crippen LogP contribution in [0.3, 0.4) is 0 Å². The maximum absolute atomic E-state index is 13.9. The average Bonchev–Trinajstić information content (AvgIpc) is 2.65. The largest absolute Gasteiger partial charge is 0.369 e. The van der Waals surface area contributed by atoms with Crippen molar-refractivity contribution in [3.63, 3.8) is 0 Å². The molecule has 0 bridgehead atoms. The van der Waals surface area contributed by atoms with Crippen molar-refractivity contribution in [1.82, 2.24) is 9.55 Å². The summed E-state index contributed by atoms with van der Waals surface area (Å²) in [4.78, 5) is 4.17. The summed E-state index contributed by atoms with van der Waals surface area (Å²) in [7, 11) is 0. The van der Waals surface area contributed by atoms with Crippen LogP contribution >= 0.6 is 0 Å². The number of hydrogen-bond acceptors (Lipinski definition) is 2. The molecule has 0 aliphatic rings. The lowest BCUT2D eigenvalue weighted by Gasteiger charge is -2.08. The Labute approximate surface area is 108 Å². The summed E-state index contributed by atoms with van der Waals surface area (Å²) >= 11 is 0. The molecule has 0 amide bonds. The van der Waals surface area contributed by atoms with Gasteiger partial charge < -0.3 is 5.73 Å². The zero-order valence-corrected chi connectivity index (χ0v) is 10.2. The number of rotatable bonds is 1. The third-order valence-electron chi connectivity index (χ3n) is 2.99. The number of nitrogens with two attached hydrogens (primary N) is 1. The van der Waals surface area contributed by atoms with Crippen LogP contribution in [0.2, 0.25) is 0 Å². The van der Waals surface area contributed by atoms with E-state index < -0.39 is 11.6 Å². The predicted octanol–water partition coefficient (Wildman–Crippen LogP) is 3.19. The maximum Gasteiger partial charge on any atom is 0.206 e. The van der Waals surface area contributed by atoms with Gasteiger partial charge in [0, 0.05) is 6.07 Å². The number of nitrogen functional groups attached to an aromatic ring is 1. The highest BCUT2D eigenvalue weighted by Crippen LogP contribution is 2.25. The van der Waals surface area contributed by atoms with E-state index in [9.17, 15) is 8.78 Å². The molecule has 0 spiro atoms. The van der Waals surface area contributed by atoms with Gasteiger partial charge in [0.2, 0.25) is 5.95 Å². The molecule has 19 heavy (non-hydrogen) atoms. The van der Waals surface area contributed by atoms with Gasteiger partial charge in [-0.25, -0.2) is 13.8 Å². The Morgan fingerprint density at radius 3 is 2.63 bits per heavy atom. The molecule has 0 unspecified atom stereocenters. The van der Waals surface area contributed by atoms with Crippen LogP contribution in [-0.4, -0.2) is 9.55 Å². The number of hydrogen-bond donors (Lipinski definition) is 1. The first-order chi connectivity index (χ1) is 9.06. The van der Waals surface area contributed by atoms with Gasteiger partial charge in [-0.15, -0.1) is 0 Å². The van der Waals surface area contributed by atoms with E-state index in [1.165, 1.54) is 16.7 Å². The van der Waals surface area contributed by atoms with Gasteiger partial charge in [0.1, 0.15) is 11.6 Å². The first-order valence-electron chi connectivity index (χ1n) is 5.76. The highest BCUT2D eigenvalue weighted by molar-refractivity contribution is 5.81. The Morgan fingerprint density at radius 2 is 1.89 bits per heavy atom. The monoisotopic (exact) mass is 259 g/mol. The number of imidazole rings is 1. The number of aromatic nitrogens is 2. The fourth-order valence-electron chi connectivity index (χ4n) is 2.12. The molecule has 2 aromatic carbocycles. The number of anilines is 1. The zero-order valence-electron chi connectivity index (χ0n) is 10.2. The van der Waals surface area contributed by atoms with E-state index in [0.717, 1.165) is 11.6 Å². The van der Waals surface area contributed by atoms with E-state index in [1.54, 1.807) is 0 Å². The molecule has 5 heteroatoms. The van der Waals surface area contributed by atoms with Crippen molar-refractivity contribution in [3.05, 3.63) is 53.6 Å². The van der Waals surface area contributed by atoms with Crippen molar-refractivity contribution in [3.8, 4) is 5.69 Å². The van der Waals surface area contributed by atoms with Crippen LogP contribution in [0.5, 0.6) is 0 Å². The Bertz CT molecular complexity index is 778. The Hall–Kier alpha value is -2.43. The van der Waals surface area contributed by atoms with Crippen molar-refractivity contribution in [1.29, 1.82) is 0 Å². The maximum atomic E-state index is 13.9. The number of nitrogens with zero attached hydrogens (tertiary/aromatic N) is 2. The molecule has 2 N–H and O–H groups in total. The molecule has 1 heterocycles. The third kappa shape index (κ3) is 1.83. The molecule has 0 aliphatic heterocycles. The second-order valence-electron chi connectivity index (χ2n) is 4.39. The van der Waals surface area contributed by atoms with Gasteiger partial charge in [-0.1, -0.05) is 6.07 Å². The summed E-state index contributed by atoms with van der Waals surface area (Å²) in [5, 5.41) is 0. The minimum Gasteiger partial charge on any atom is -0.369 e. The summed E-state index contributed by atoms with van der Waals surface area (Å²) < 4.78 is 28.3. The molecule has 0 fully saturated rings. The van der Waals surface area contributed by atoms with Gasteiger partial charge in [0.15, 0.2) is 0 Å². The summed E-state index contributed by atoms with van der Waals surface area (Å²) in [5.41, 5.74) is 8.40. The third-order valence-corrected chi connectivity index (χ3v) is 2.99. The van der Waals surface area contributed by atoms with Crippen molar-refractivity contribution in [2.75, 3.05) is 5.73 Å². The molecule has 0 saturated carbocycles. The number of halogens is 2. The van der Waals surface area contributed by atoms with E-state index >= 15 is 0 Å². The molecule has 1 aromatic heterocycles. The predicted molar refractivity (Wildman–Crippen MR) is 70.1 cm³/mol. The first kappa shape index (κ1) is 11.6. The molecule has 96 valence electrons. The molecule has 3 rings (SSSR count). The Kier molecular flexibility index (Phi) is 2.48. The number of aryl methyl sites for hydroxylation is 1. The normalized spacial score (nSPS) is 11.1. The van der Waals surface area contributed by atoms with Crippen LogP contribution in [0.4, 0.5) is 14.7 Å². The van der Waals surface area contributed by atoms with Gasteiger partial charge in [0.05, 0.1) is 16.7 Å². The van der Waals surface area contributed by atoms with Crippen LogP contribution in [0.25, 0.3) is 16.7 Å².